The molecular weight excluding hydrogens is 350 g/mol. The van der Waals surface area contributed by atoms with E-state index in [1.807, 2.05) is 26.0 Å². The number of rotatable bonds is 7. The monoisotopic (exact) mass is 369 g/mol. The first-order chi connectivity index (χ1) is 13.0. The first-order valence-electron chi connectivity index (χ1n) is 8.52. The fourth-order valence-electron chi connectivity index (χ4n) is 2.43. The van der Waals surface area contributed by atoms with Crippen molar-refractivity contribution in [3.8, 4) is 17.0 Å². The van der Waals surface area contributed by atoms with Gasteiger partial charge in [-0.2, -0.15) is 0 Å². The van der Waals surface area contributed by atoms with E-state index >= 15 is 0 Å². The minimum Gasteiger partial charge on any atom is -0.482 e. The van der Waals surface area contributed by atoms with Crippen LogP contribution in [0.4, 0.5) is 5.69 Å². The minimum absolute atomic E-state index is 0.000486. The molecule has 0 bridgehead atoms. The van der Waals surface area contributed by atoms with E-state index in [0.717, 1.165) is 12.0 Å². The van der Waals surface area contributed by atoms with Crippen molar-refractivity contribution < 1.29 is 19.2 Å². The maximum atomic E-state index is 11.6. The van der Waals surface area contributed by atoms with Gasteiger partial charge in [-0.1, -0.05) is 6.92 Å². The topological polar surface area (TPSA) is 96.0 Å². The van der Waals surface area contributed by atoms with Gasteiger partial charge in [-0.15, -0.1) is 0 Å². The number of nitro groups is 1. The second kappa shape index (κ2) is 7.86. The summed E-state index contributed by atoms with van der Waals surface area (Å²) in [6.45, 7) is 3.62. The van der Waals surface area contributed by atoms with Crippen LogP contribution in [0.5, 0.6) is 5.75 Å². The van der Waals surface area contributed by atoms with Crippen LogP contribution in [0.15, 0.2) is 48.8 Å². The summed E-state index contributed by atoms with van der Waals surface area (Å²) in [5.41, 5.74) is 2.12. The highest BCUT2D eigenvalue weighted by molar-refractivity contribution is 5.71. The average molecular weight is 369 g/mol. The van der Waals surface area contributed by atoms with Crippen LogP contribution in [0.25, 0.3) is 16.9 Å². The Morgan fingerprint density at radius 3 is 2.63 bits per heavy atom. The Bertz CT molecular complexity index is 965. The molecule has 1 aromatic carbocycles. The molecule has 3 rings (SSSR count). The lowest BCUT2D eigenvalue weighted by Gasteiger charge is -2.11. The molecule has 0 saturated heterocycles. The summed E-state index contributed by atoms with van der Waals surface area (Å²) in [7, 11) is 0. The Balaban J connectivity index is 1.69. The second-order valence-corrected chi connectivity index (χ2v) is 6.06. The summed E-state index contributed by atoms with van der Waals surface area (Å²) < 4.78 is 12.2. The number of benzene rings is 1. The van der Waals surface area contributed by atoms with Crippen molar-refractivity contribution in [1.82, 2.24) is 9.38 Å². The number of aromatic nitrogens is 2. The Morgan fingerprint density at radius 2 is 1.96 bits per heavy atom. The van der Waals surface area contributed by atoms with Gasteiger partial charge in [0.2, 0.25) is 0 Å². The average Bonchev–Trinajstić information content (AvgIpc) is 3.09. The van der Waals surface area contributed by atoms with Crippen LogP contribution < -0.4 is 4.74 Å². The molecule has 0 aliphatic carbocycles. The van der Waals surface area contributed by atoms with Gasteiger partial charge >= 0.3 is 5.97 Å². The molecule has 8 nitrogen and oxygen atoms in total. The van der Waals surface area contributed by atoms with Gasteiger partial charge in [0, 0.05) is 17.8 Å². The second-order valence-electron chi connectivity index (χ2n) is 6.06. The Labute approximate surface area is 155 Å². The van der Waals surface area contributed by atoms with Gasteiger partial charge in [0.25, 0.3) is 5.69 Å². The summed E-state index contributed by atoms with van der Waals surface area (Å²) >= 11 is 0. The molecule has 3 aromatic rings. The van der Waals surface area contributed by atoms with Crippen molar-refractivity contribution >= 4 is 17.3 Å². The Morgan fingerprint density at radius 1 is 1.22 bits per heavy atom. The molecule has 0 amide bonds. The van der Waals surface area contributed by atoms with Crippen LogP contribution >= 0.6 is 0 Å². The lowest BCUT2D eigenvalue weighted by molar-refractivity contribution is -0.385. The summed E-state index contributed by atoms with van der Waals surface area (Å²) in [5.74, 6) is 0.134. The Kier molecular flexibility index (Phi) is 5.35. The smallest absolute Gasteiger partial charge is 0.344 e. The molecule has 140 valence electrons. The third kappa shape index (κ3) is 4.41. The van der Waals surface area contributed by atoms with E-state index in [1.165, 1.54) is 12.3 Å². The van der Waals surface area contributed by atoms with E-state index in [-0.39, 0.29) is 18.4 Å². The number of nitrogens with zero attached hydrogens (tertiary/aromatic N) is 3. The van der Waals surface area contributed by atoms with Gasteiger partial charge in [0.15, 0.2) is 6.61 Å². The number of carbonyl (C=O) groups excluding carboxylic acids is 1. The van der Waals surface area contributed by atoms with Gasteiger partial charge in [0.05, 0.1) is 22.9 Å². The van der Waals surface area contributed by atoms with Crippen molar-refractivity contribution in [1.29, 1.82) is 0 Å². The van der Waals surface area contributed by atoms with Crippen LogP contribution in [0.1, 0.15) is 20.3 Å². The van der Waals surface area contributed by atoms with Crippen molar-refractivity contribution in [2.45, 2.75) is 26.4 Å². The number of carbonyl (C=O) groups is 1. The molecule has 0 aliphatic rings. The maximum Gasteiger partial charge on any atom is 0.344 e. The molecule has 1 unspecified atom stereocenters. The SMILES string of the molecule is CCC(C)OC(=O)COc1ccc(-c2cn3cc([N+](=O)[O-])ccc3n2)cc1. The third-order valence-corrected chi connectivity index (χ3v) is 4.06. The number of fused-ring (bicyclic) bond motifs is 1. The molecule has 2 aromatic heterocycles. The molecule has 0 aliphatic heterocycles. The van der Waals surface area contributed by atoms with E-state index < -0.39 is 10.9 Å². The van der Waals surface area contributed by atoms with Gasteiger partial charge < -0.3 is 9.47 Å². The molecule has 0 fully saturated rings. The number of esters is 1. The standard InChI is InChI=1S/C19H19N3O5/c1-3-13(2)27-19(23)12-26-16-7-4-14(5-8-16)17-11-21-10-15(22(24)25)6-9-18(21)20-17/h4-11,13H,3,12H2,1-2H3. The van der Waals surface area contributed by atoms with E-state index in [9.17, 15) is 14.9 Å². The summed E-state index contributed by atoms with van der Waals surface area (Å²) in [6, 6.07) is 10.1. The molecule has 27 heavy (non-hydrogen) atoms. The van der Waals surface area contributed by atoms with Crippen molar-refractivity contribution in [3.63, 3.8) is 0 Å². The minimum atomic E-state index is -0.447. The van der Waals surface area contributed by atoms with Crippen molar-refractivity contribution in [2.24, 2.45) is 0 Å². The lowest BCUT2D eigenvalue weighted by Crippen LogP contribution is -2.20. The summed E-state index contributed by atoms with van der Waals surface area (Å²) in [5, 5.41) is 10.9. The van der Waals surface area contributed by atoms with E-state index in [4.69, 9.17) is 9.47 Å². The molecule has 1 atom stereocenters. The highest BCUT2D eigenvalue weighted by Crippen LogP contribution is 2.23. The number of hydrogen-bond donors (Lipinski definition) is 0. The zero-order valence-electron chi connectivity index (χ0n) is 15.0. The molecule has 0 N–H and O–H groups in total. The molecule has 0 saturated carbocycles. The lowest BCUT2D eigenvalue weighted by atomic mass is 10.2. The van der Waals surface area contributed by atoms with Gasteiger partial charge in [-0.3, -0.25) is 14.5 Å². The van der Waals surface area contributed by atoms with Crippen LogP contribution in [0, 0.1) is 10.1 Å². The van der Waals surface area contributed by atoms with E-state index in [1.54, 1.807) is 28.8 Å². The third-order valence-electron chi connectivity index (χ3n) is 4.06. The van der Waals surface area contributed by atoms with Crippen LogP contribution in [-0.4, -0.2) is 33.0 Å². The van der Waals surface area contributed by atoms with Crippen LogP contribution in [0.2, 0.25) is 0 Å². The van der Waals surface area contributed by atoms with Crippen molar-refractivity contribution in [2.75, 3.05) is 6.61 Å². The predicted molar refractivity (Wildman–Crippen MR) is 98.6 cm³/mol. The van der Waals surface area contributed by atoms with Crippen molar-refractivity contribution in [3.05, 3.63) is 58.9 Å². The number of pyridine rings is 1. The maximum absolute atomic E-state index is 11.6. The van der Waals surface area contributed by atoms with Gasteiger partial charge in [0.1, 0.15) is 11.4 Å². The summed E-state index contributed by atoms with van der Waals surface area (Å²) in [6.07, 6.45) is 3.77. The highest BCUT2D eigenvalue weighted by atomic mass is 16.6. The first kappa shape index (κ1) is 18.4. The number of ether oxygens (including phenoxy) is 2. The largest absolute Gasteiger partial charge is 0.482 e. The number of imidazole rings is 1. The summed E-state index contributed by atoms with van der Waals surface area (Å²) in [4.78, 5) is 26.5. The van der Waals surface area contributed by atoms with Gasteiger partial charge in [-0.05, 0) is 43.7 Å². The molecular formula is C19H19N3O5. The molecule has 0 spiro atoms. The normalized spacial score (nSPS) is 11.9. The van der Waals surface area contributed by atoms with Gasteiger partial charge in [-0.25, -0.2) is 9.78 Å². The van der Waals surface area contributed by atoms with Crippen LogP contribution in [-0.2, 0) is 9.53 Å². The van der Waals surface area contributed by atoms with Crippen LogP contribution in [0.3, 0.4) is 0 Å². The molecule has 0 radical (unpaired) electrons. The number of hydrogen-bond acceptors (Lipinski definition) is 6. The quantitative estimate of drug-likeness (QED) is 0.358. The fourth-order valence-corrected chi connectivity index (χ4v) is 2.43. The zero-order chi connectivity index (χ0) is 19.4. The molecule has 8 heteroatoms. The fraction of sp³-hybridized carbons (Fsp3) is 0.263. The highest BCUT2D eigenvalue weighted by Gasteiger charge is 2.11. The predicted octanol–water partition coefficient (Wildman–Crippen LogP) is 3.63. The first-order valence-corrected chi connectivity index (χ1v) is 8.52. The zero-order valence-corrected chi connectivity index (χ0v) is 15.0. The van der Waals surface area contributed by atoms with E-state index in [2.05, 4.69) is 4.98 Å². The molecule has 2 heterocycles. The Hall–Kier alpha value is -3.42. The van der Waals surface area contributed by atoms with E-state index in [0.29, 0.717) is 17.1 Å².